The van der Waals surface area contributed by atoms with Crippen LogP contribution in [0.1, 0.15) is 40.1 Å². The van der Waals surface area contributed by atoms with E-state index in [1.54, 1.807) is 6.07 Å². The van der Waals surface area contributed by atoms with Crippen LogP contribution in [-0.4, -0.2) is 11.1 Å². The third-order valence-electron chi connectivity index (χ3n) is 3.27. The summed E-state index contributed by atoms with van der Waals surface area (Å²) in [6, 6.07) is 12.2. The number of benzene rings is 1. The minimum atomic E-state index is -0.936. The summed E-state index contributed by atoms with van der Waals surface area (Å²) in [7, 11) is 0. The molecule has 0 radical (unpaired) electrons. The second-order valence-electron chi connectivity index (χ2n) is 4.84. The second-order valence-corrected chi connectivity index (χ2v) is 6.01. The van der Waals surface area contributed by atoms with Gasteiger partial charge < -0.3 is 10.8 Å². The summed E-state index contributed by atoms with van der Waals surface area (Å²) in [5, 5.41) is 9.36. The highest BCUT2D eigenvalue weighted by atomic mass is 32.1. The maximum atomic E-state index is 10.9. The molecule has 2 aromatic rings. The molecule has 0 saturated heterocycles. The molecule has 4 heteroatoms. The lowest BCUT2D eigenvalue weighted by Gasteiger charge is -2.01. The third-order valence-corrected chi connectivity index (χ3v) is 4.30. The van der Waals surface area contributed by atoms with E-state index in [4.69, 9.17) is 10.8 Å². The molecule has 0 bridgehead atoms. The maximum absolute atomic E-state index is 10.9. The van der Waals surface area contributed by atoms with Crippen LogP contribution in [0.4, 0.5) is 5.00 Å². The quantitative estimate of drug-likeness (QED) is 0.758. The van der Waals surface area contributed by atoms with E-state index in [0.717, 1.165) is 37.0 Å². The van der Waals surface area contributed by atoms with E-state index in [1.165, 1.54) is 16.9 Å². The molecule has 0 aliphatic heterocycles. The standard InChI is InChI=1S/C16H19NO2S/c17-15-14(16(18)19)11-13(20-15)10-6-2-5-9-12-7-3-1-4-8-12/h1,3-4,7-8,11H,2,5-6,9-10,17H2,(H,18,19). The molecule has 2 rings (SSSR count). The van der Waals surface area contributed by atoms with E-state index >= 15 is 0 Å². The average molecular weight is 289 g/mol. The van der Waals surface area contributed by atoms with Crippen molar-refractivity contribution in [3.8, 4) is 0 Å². The fraction of sp³-hybridized carbons (Fsp3) is 0.312. The van der Waals surface area contributed by atoms with Gasteiger partial charge in [-0.25, -0.2) is 4.79 Å². The number of hydrogen-bond donors (Lipinski definition) is 2. The van der Waals surface area contributed by atoms with Gasteiger partial charge in [0, 0.05) is 4.88 Å². The van der Waals surface area contributed by atoms with Gasteiger partial charge in [0.1, 0.15) is 5.00 Å². The first kappa shape index (κ1) is 14.6. The largest absolute Gasteiger partial charge is 0.478 e. The van der Waals surface area contributed by atoms with Crippen LogP contribution in [0.2, 0.25) is 0 Å². The zero-order chi connectivity index (χ0) is 14.4. The molecule has 0 fully saturated rings. The molecule has 20 heavy (non-hydrogen) atoms. The van der Waals surface area contributed by atoms with E-state index in [2.05, 4.69) is 24.3 Å². The van der Waals surface area contributed by atoms with Crippen LogP contribution in [0.25, 0.3) is 0 Å². The lowest BCUT2D eigenvalue weighted by atomic mass is 10.1. The highest BCUT2D eigenvalue weighted by molar-refractivity contribution is 7.16. The summed E-state index contributed by atoms with van der Waals surface area (Å²) in [5.41, 5.74) is 7.31. The predicted molar refractivity (Wildman–Crippen MR) is 83.4 cm³/mol. The number of anilines is 1. The molecule has 1 aromatic carbocycles. The number of aromatic carboxylic acids is 1. The molecule has 0 atom stereocenters. The molecule has 0 unspecified atom stereocenters. The summed E-state index contributed by atoms with van der Waals surface area (Å²) < 4.78 is 0. The third kappa shape index (κ3) is 4.10. The van der Waals surface area contributed by atoms with Crippen molar-refractivity contribution in [2.24, 2.45) is 0 Å². The van der Waals surface area contributed by atoms with Crippen molar-refractivity contribution < 1.29 is 9.90 Å². The number of unbranched alkanes of at least 4 members (excludes halogenated alkanes) is 2. The lowest BCUT2D eigenvalue weighted by Crippen LogP contribution is -1.97. The van der Waals surface area contributed by atoms with E-state index in [-0.39, 0.29) is 5.56 Å². The van der Waals surface area contributed by atoms with Crippen LogP contribution in [0.5, 0.6) is 0 Å². The highest BCUT2D eigenvalue weighted by Crippen LogP contribution is 2.26. The summed E-state index contributed by atoms with van der Waals surface area (Å²) in [6.45, 7) is 0. The number of carboxylic acid groups (broad SMARTS) is 1. The molecule has 0 aliphatic carbocycles. The molecule has 0 aliphatic rings. The fourth-order valence-corrected chi connectivity index (χ4v) is 3.16. The van der Waals surface area contributed by atoms with Crippen molar-refractivity contribution in [2.45, 2.75) is 32.1 Å². The first-order valence-corrected chi connectivity index (χ1v) is 7.64. The monoisotopic (exact) mass is 289 g/mol. The van der Waals surface area contributed by atoms with Gasteiger partial charge in [-0.2, -0.15) is 0 Å². The Labute approximate surface area is 123 Å². The summed E-state index contributed by atoms with van der Waals surface area (Å²) in [4.78, 5) is 12.0. The van der Waals surface area contributed by atoms with Gasteiger partial charge in [-0.15, -0.1) is 11.3 Å². The van der Waals surface area contributed by atoms with Gasteiger partial charge in [-0.1, -0.05) is 36.8 Å². The van der Waals surface area contributed by atoms with Crippen LogP contribution in [-0.2, 0) is 12.8 Å². The van der Waals surface area contributed by atoms with Crippen molar-refractivity contribution in [3.63, 3.8) is 0 Å². The molecule has 106 valence electrons. The van der Waals surface area contributed by atoms with Gasteiger partial charge >= 0.3 is 5.97 Å². The molecule has 0 saturated carbocycles. The average Bonchev–Trinajstić information content (AvgIpc) is 2.81. The van der Waals surface area contributed by atoms with Crippen LogP contribution in [0.15, 0.2) is 36.4 Å². The van der Waals surface area contributed by atoms with E-state index in [9.17, 15) is 4.79 Å². The van der Waals surface area contributed by atoms with E-state index in [0.29, 0.717) is 5.00 Å². The Kier molecular flexibility index (Phi) is 5.18. The van der Waals surface area contributed by atoms with Crippen molar-refractivity contribution >= 4 is 22.3 Å². The summed E-state index contributed by atoms with van der Waals surface area (Å²) >= 11 is 1.39. The smallest absolute Gasteiger partial charge is 0.338 e. The number of aryl methyl sites for hydroxylation is 2. The van der Waals surface area contributed by atoms with E-state index < -0.39 is 5.97 Å². The normalized spacial score (nSPS) is 10.6. The Hall–Kier alpha value is -1.81. The molecule has 1 heterocycles. The fourth-order valence-electron chi connectivity index (χ4n) is 2.20. The number of nitrogen functional groups attached to an aromatic ring is 1. The minimum absolute atomic E-state index is 0.245. The number of rotatable bonds is 7. The van der Waals surface area contributed by atoms with Crippen molar-refractivity contribution in [1.29, 1.82) is 0 Å². The van der Waals surface area contributed by atoms with Crippen molar-refractivity contribution in [3.05, 3.63) is 52.4 Å². The van der Waals surface area contributed by atoms with Crippen LogP contribution in [0, 0.1) is 0 Å². The van der Waals surface area contributed by atoms with Gasteiger partial charge in [-0.3, -0.25) is 0 Å². The number of thiophene rings is 1. The van der Waals surface area contributed by atoms with Gasteiger partial charge in [-0.05, 0) is 37.3 Å². The lowest BCUT2D eigenvalue weighted by molar-refractivity contribution is 0.0698. The van der Waals surface area contributed by atoms with Crippen molar-refractivity contribution in [2.75, 3.05) is 5.73 Å². The predicted octanol–water partition coefficient (Wildman–Crippen LogP) is 3.98. The van der Waals surface area contributed by atoms with Crippen LogP contribution >= 0.6 is 11.3 Å². The highest BCUT2D eigenvalue weighted by Gasteiger charge is 2.12. The number of carboxylic acids is 1. The SMILES string of the molecule is Nc1sc(CCCCCc2ccccc2)cc1C(=O)O. The second kappa shape index (κ2) is 7.10. The Morgan fingerprint density at radius 2 is 1.80 bits per heavy atom. The number of nitrogens with two attached hydrogens (primary N) is 1. The van der Waals surface area contributed by atoms with Crippen LogP contribution in [0.3, 0.4) is 0 Å². The first-order valence-electron chi connectivity index (χ1n) is 6.82. The number of hydrogen-bond acceptors (Lipinski definition) is 3. The van der Waals surface area contributed by atoms with Gasteiger partial charge in [0.25, 0.3) is 0 Å². The summed E-state index contributed by atoms with van der Waals surface area (Å²) in [5.74, 6) is -0.936. The van der Waals surface area contributed by atoms with Crippen LogP contribution < -0.4 is 5.73 Å². The van der Waals surface area contributed by atoms with Crippen molar-refractivity contribution in [1.82, 2.24) is 0 Å². The zero-order valence-corrected chi connectivity index (χ0v) is 12.2. The molecule has 3 nitrogen and oxygen atoms in total. The molecular formula is C16H19NO2S. The number of carbonyl (C=O) groups is 1. The Morgan fingerprint density at radius 3 is 2.45 bits per heavy atom. The molecule has 0 amide bonds. The molecular weight excluding hydrogens is 270 g/mol. The zero-order valence-electron chi connectivity index (χ0n) is 11.3. The summed E-state index contributed by atoms with van der Waals surface area (Å²) in [6.07, 6.45) is 5.41. The Balaban J connectivity index is 1.71. The van der Waals surface area contributed by atoms with Gasteiger partial charge in [0.05, 0.1) is 5.56 Å². The first-order chi connectivity index (χ1) is 9.66. The maximum Gasteiger partial charge on any atom is 0.338 e. The van der Waals surface area contributed by atoms with E-state index in [1.807, 2.05) is 6.07 Å². The molecule has 0 spiro atoms. The molecule has 1 aromatic heterocycles. The van der Waals surface area contributed by atoms with Gasteiger partial charge in [0.15, 0.2) is 0 Å². The minimum Gasteiger partial charge on any atom is -0.478 e. The molecule has 3 N–H and O–H groups in total. The Morgan fingerprint density at radius 1 is 1.10 bits per heavy atom. The Bertz CT molecular complexity index is 563. The topological polar surface area (TPSA) is 63.3 Å². The van der Waals surface area contributed by atoms with Gasteiger partial charge in [0.2, 0.25) is 0 Å².